The lowest BCUT2D eigenvalue weighted by Gasteiger charge is -2.49. The first kappa shape index (κ1) is 47.3. The molecule has 0 bridgehead atoms. The molecule has 4 N–H and O–H groups in total. The number of anilines is 1. The van der Waals surface area contributed by atoms with Gasteiger partial charge in [-0.15, -0.1) is 0 Å². The monoisotopic (exact) mass is 838 g/mol. The van der Waals surface area contributed by atoms with Crippen LogP contribution in [0.1, 0.15) is 106 Å². The van der Waals surface area contributed by atoms with Crippen molar-refractivity contribution in [3.63, 3.8) is 0 Å². The fraction of sp³-hybridized carbons (Fsp3) is 0.396. The van der Waals surface area contributed by atoms with Gasteiger partial charge in [0.05, 0.1) is 23.7 Å². The highest BCUT2D eigenvalue weighted by molar-refractivity contribution is 6.02. The van der Waals surface area contributed by atoms with Crippen molar-refractivity contribution in [2.24, 2.45) is 16.7 Å². The Morgan fingerprint density at radius 2 is 1.30 bits per heavy atom. The maximum absolute atomic E-state index is 14.5. The van der Waals surface area contributed by atoms with E-state index in [1.165, 1.54) is 6.07 Å². The maximum Gasteiger partial charge on any atom is 0.412 e. The van der Waals surface area contributed by atoms with Crippen molar-refractivity contribution in [2.75, 3.05) is 11.9 Å². The molecule has 13 heteroatoms. The van der Waals surface area contributed by atoms with Crippen LogP contribution in [0.3, 0.4) is 0 Å². The summed E-state index contributed by atoms with van der Waals surface area (Å²) in [5.74, 6) is -5.69. The number of aliphatic carboxylic acids is 2. The molecule has 61 heavy (non-hydrogen) atoms. The Hall–Kier alpha value is -6.37. The van der Waals surface area contributed by atoms with Gasteiger partial charge >= 0.3 is 24.0 Å². The van der Waals surface area contributed by atoms with Crippen LogP contribution in [0.15, 0.2) is 97.1 Å². The molecule has 0 heterocycles. The molecule has 0 spiro atoms. The van der Waals surface area contributed by atoms with E-state index in [2.05, 4.69) is 10.6 Å². The van der Waals surface area contributed by atoms with E-state index in [4.69, 9.17) is 18.9 Å². The number of amides is 2. The molecule has 2 atom stereocenters. The van der Waals surface area contributed by atoms with Crippen molar-refractivity contribution in [1.82, 2.24) is 5.32 Å². The lowest BCUT2D eigenvalue weighted by molar-refractivity contribution is -0.169. The van der Waals surface area contributed by atoms with Gasteiger partial charge in [0.1, 0.15) is 18.8 Å². The van der Waals surface area contributed by atoms with E-state index in [1.54, 1.807) is 92.6 Å². The molecule has 4 aromatic rings. The van der Waals surface area contributed by atoms with Gasteiger partial charge in [-0.05, 0) is 91.5 Å². The highest BCUT2D eigenvalue weighted by Crippen LogP contribution is 2.46. The van der Waals surface area contributed by atoms with Gasteiger partial charge < -0.3 is 34.5 Å². The molecular formula is C48H58N2O11. The molecule has 326 valence electrons. The van der Waals surface area contributed by atoms with Crippen LogP contribution in [0.2, 0.25) is 0 Å². The molecule has 13 nitrogen and oxygen atoms in total. The molecule has 0 saturated carbocycles. The summed E-state index contributed by atoms with van der Waals surface area (Å²) < 4.78 is 23.6. The third-order valence-electron chi connectivity index (χ3n) is 9.86. The lowest BCUT2D eigenvalue weighted by atomic mass is 9.58. The van der Waals surface area contributed by atoms with Crippen LogP contribution in [0.25, 0.3) is 0 Å². The van der Waals surface area contributed by atoms with Crippen molar-refractivity contribution in [3.8, 4) is 11.5 Å². The summed E-state index contributed by atoms with van der Waals surface area (Å²) in [7, 11) is 0. The number of nitrogens with one attached hydrogen (secondary N) is 2. The Morgan fingerprint density at radius 3 is 1.84 bits per heavy atom. The summed E-state index contributed by atoms with van der Waals surface area (Å²) in [6.45, 7) is 14.9. The van der Waals surface area contributed by atoms with Crippen LogP contribution in [0, 0.1) is 16.7 Å². The zero-order chi connectivity index (χ0) is 45.2. The number of carbonyl (C=O) groups is 5. The quantitative estimate of drug-likeness (QED) is 0.0586. The Kier molecular flexibility index (Phi) is 15.4. The second-order valence-electron chi connectivity index (χ2n) is 17.9. The molecule has 2 amide bonds. The first-order valence-electron chi connectivity index (χ1n) is 20.1. The number of aryl methyl sites for hydroxylation is 1. The average molecular weight is 839 g/mol. The second-order valence-corrected chi connectivity index (χ2v) is 17.9. The summed E-state index contributed by atoms with van der Waals surface area (Å²) in [5.41, 5.74) is -2.64. The SMILES string of the molecule is CC(C)(C)OC(=O)Nc1ccc(C(=O)OCc2ccccc2)c(CCCOc2c(OCc3ccccc3)cccc2C(=O)NC(C(=O)O)(C(C(=O)O)C(C)(C)C)C(C)(C)C)c1. The van der Waals surface area contributed by atoms with Gasteiger partial charge in [-0.25, -0.2) is 14.4 Å². The first-order valence-corrected chi connectivity index (χ1v) is 20.1. The third kappa shape index (κ3) is 12.6. The summed E-state index contributed by atoms with van der Waals surface area (Å²) >= 11 is 0. The predicted molar refractivity (Wildman–Crippen MR) is 231 cm³/mol. The second kappa shape index (κ2) is 19.8. The topological polar surface area (TPSA) is 187 Å². The molecule has 0 aliphatic rings. The number of para-hydroxylation sites is 1. The molecule has 0 radical (unpaired) electrons. The Bertz CT molecular complexity index is 2170. The van der Waals surface area contributed by atoms with Gasteiger partial charge in [0.2, 0.25) is 0 Å². The minimum absolute atomic E-state index is 0.00889. The van der Waals surface area contributed by atoms with Crippen LogP contribution in [0.4, 0.5) is 10.5 Å². The minimum atomic E-state index is -2.28. The van der Waals surface area contributed by atoms with E-state index in [0.29, 0.717) is 11.3 Å². The van der Waals surface area contributed by atoms with Gasteiger partial charge in [0, 0.05) is 5.69 Å². The number of ether oxygens (including phenoxy) is 4. The predicted octanol–water partition coefficient (Wildman–Crippen LogP) is 9.33. The minimum Gasteiger partial charge on any atom is -0.489 e. The van der Waals surface area contributed by atoms with Crippen LogP contribution < -0.4 is 20.1 Å². The van der Waals surface area contributed by atoms with Crippen molar-refractivity contribution < 1.29 is 53.1 Å². The molecule has 4 aromatic carbocycles. The number of carboxylic acids is 2. The fourth-order valence-electron chi connectivity index (χ4n) is 7.07. The fourth-order valence-corrected chi connectivity index (χ4v) is 7.07. The first-order chi connectivity index (χ1) is 28.5. The van der Waals surface area contributed by atoms with Crippen molar-refractivity contribution >= 4 is 35.6 Å². The van der Waals surface area contributed by atoms with E-state index >= 15 is 0 Å². The van der Waals surface area contributed by atoms with E-state index < -0.39 is 57.8 Å². The normalized spacial score (nSPS) is 13.2. The highest BCUT2D eigenvalue weighted by Gasteiger charge is 2.62. The number of carboxylic acid groups (broad SMARTS) is 2. The van der Waals surface area contributed by atoms with Gasteiger partial charge in [-0.3, -0.25) is 14.9 Å². The molecule has 0 saturated heterocycles. The maximum atomic E-state index is 14.5. The van der Waals surface area contributed by atoms with Crippen LogP contribution in [-0.4, -0.2) is 57.9 Å². The molecule has 0 fully saturated rings. The zero-order valence-electron chi connectivity index (χ0n) is 36.4. The van der Waals surface area contributed by atoms with Crippen LogP contribution in [-0.2, 0) is 38.7 Å². The number of benzene rings is 4. The molecule has 2 unspecified atom stereocenters. The van der Waals surface area contributed by atoms with Gasteiger partial charge in [0.15, 0.2) is 17.0 Å². The van der Waals surface area contributed by atoms with Crippen molar-refractivity contribution in [1.29, 1.82) is 0 Å². The van der Waals surface area contributed by atoms with Crippen molar-refractivity contribution in [2.45, 2.75) is 99.5 Å². The lowest BCUT2D eigenvalue weighted by Crippen LogP contribution is -2.70. The van der Waals surface area contributed by atoms with Crippen molar-refractivity contribution in [3.05, 3.63) is 125 Å². The molecule has 0 aromatic heterocycles. The zero-order valence-corrected chi connectivity index (χ0v) is 36.4. The highest BCUT2D eigenvalue weighted by atomic mass is 16.6. The van der Waals surface area contributed by atoms with E-state index in [9.17, 15) is 34.2 Å². The Labute approximate surface area is 357 Å². The molecular weight excluding hydrogens is 781 g/mol. The smallest absolute Gasteiger partial charge is 0.412 e. The van der Waals surface area contributed by atoms with E-state index in [1.807, 2.05) is 60.7 Å². The summed E-state index contributed by atoms with van der Waals surface area (Å²) in [5, 5.41) is 26.7. The number of esters is 1. The number of rotatable bonds is 17. The molecule has 0 aliphatic heterocycles. The van der Waals surface area contributed by atoms with Gasteiger partial charge in [-0.2, -0.15) is 0 Å². The van der Waals surface area contributed by atoms with Crippen LogP contribution >= 0.6 is 0 Å². The van der Waals surface area contributed by atoms with Gasteiger partial charge in [-0.1, -0.05) is 108 Å². The van der Waals surface area contributed by atoms with Crippen LogP contribution in [0.5, 0.6) is 11.5 Å². The Morgan fingerprint density at radius 1 is 0.689 bits per heavy atom. The average Bonchev–Trinajstić information content (AvgIpc) is 3.16. The largest absolute Gasteiger partial charge is 0.489 e. The number of hydrogen-bond acceptors (Lipinski definition) is 9. The number of hydrogen-bond donors (Lipinski definition) is 4. The molecule has 0 aliphatic carbocycles. The summed E-state index contributed by atoms with van der Waals surface area (Å²) in [6, 6.07) is 28.0. The standard InChI is InChI=1S/C48H58N2O11/c1-45(2,3)39(41(52)53)48(43(55)56,46(4,5)6)50-40(51)36-23-16-24-37(59-29-31-18-12-10-13-19-31)38(36)58-27-17-22-33-28-34(49-44(57)61-47(7,8)9)25-26-35(33)42(54)60-30-32-20-14-11-15-21-32/h10-16,18-21,23-26,28,39H,17,22,27,29-30H2,1-9H3,(H,49,57)(H,50,51)(H,52,53)(H,55,56). The number of carbonyl (C=O) groups excluding carboxylic acids is 3. The summed E-state index contributed by atoms with van der Waals surface area (Å²) in [6.07, 6.45) is -0.129. The Balaban J connectivity index is 1.68. The third-order valence-corrected chi connectivity index (χ3v) is 9.86. The summed E-state index contributed by atoms with van der Waals surface area (Å²) in [4.78, 5) is 66.8. The van der Waals surface area contributed by atoms with E-state index in [0.717, 1.165) is 11.1 Å². The van der Waals surface area contributed by atoms with Gasteiger partial charge in [0.25, 0.3) is 5.91 Å². The molecule has 4 rings (SSSR count). The van der Waals surface area contributed by atoms with E-state index in [-0.39, 0.29) is 55.3 Å².